The highest BCUT2D eigenvalue weighted by Gasteiger charge is 2.15. The molecule has 0 saturated carbocycles. The summed E-state index contributed by atoms with van der Waals surface area (Å²) < 4.78 is 9.84. The van der Waals surface area contributed by atoms with Crippen LogP contribution in [0.25, 0.3) is 0 Å². The van der Waals surface area contributed by atoms with Crippen molar-refractivity contribution in [3.05, 3.63) is 46.0 Å². The first-order valence-corrected chi connectivity index (χ1v) is 5.73. The molecule has 0 heterocycles. The van der Waals surface area contributed by atoms with E-state index in [1.54, 1.807) is 6.92 Å². The van der Waals surface area contributed by atoms with E-state index in [1.165, 1.54) is 24.3 Å². The third kappa shape index (κ3) is 4.42. The van der Waals surface area contributed by atoms with Gasteiger partial charge in [0.2, 0.25) is 0 Å². The minimum atomic E-state index is -0.634. The molecule has 20 heavy (non-hydrogen) atoms. The number of nitrogens with zero attached hydrogens (tertiary/aromatic N) is 2. The Balaban J connectivity index is 2.71. The average Bonchev–Trinajstić information content (AvgIpc) is 2.43. The summed E-state index contributed by atoms with van der Waals surface area (Å²) in [6.45, 7) is 1.93. The number of hydrogen-bond acceptors (Lipinski definition) is 6. The maximum absolute atomic E-state index is 11.0. The van der Waals surface area contributed by atoms with E-state index < -0.39 is 10.9 Å². The van der Waals surface area contributed by atoms with Crippen molar-refractivity contribution in [1.82, 2.24) is 0 Å². The molecule has 7 heteroatoms. The number of carbonyl (C=O) groups excluding carboxylic acids is 1. The van der Waals surface area contributed by atoms with Crippen LogP contribution in [0.1, 0.15) is 12.5 Å². The molecule has 0 atom stereocenters. The zero-order valence-electron chi connectivity index (χ0n) is 10.7. The highest BCUT2D eigenvalue weighted by Crippen LogP contribution is 2.27. The van der Waals surface area contributed by atoms with Gasteiger partial charge in [0.1, 0.15) is 6.61 Å². The second kappa shape index (κ2) is 7.53. The van der Waals surface area contributed by atoms with Crippen LogP contribution >= 0.6 is 0 Å². The third-order valence-electron chi connectivity index (χ3n) is 2.16. The SMILES string of the molecule is CCOC(=O)/C=C/COc1ccc(C#N)cc1[N+](=O)[O-]. The van der Waals surface area contributed by atoms with E-state index >= 15 is 0 Å². The standard InChI is InChI=1S/C13H12N2O5/c1-2-19-13(16)4-3-7-20-12-6-5-10(9-14)8-11(12)15(17)18/h3-6,8H,2,7H2,1H3/b4-3+. The number of nitro groups is 1. The van der Waals surface area contributed by atoms with Gasteiger partial charge in [0.25, 0.3) is 0 Å². The molecule has 1 aromatic rings. The van der Waals surface area contributed by atoms with Crippen LogP contribution in [0.4, 0.5) is 5.69 Å². The van der Waals surface area contributed by atoms with E-state index in [1.807, 2.05) is 6.07 Å². The van der Waals surface area contributed by atoms with E-state index in [9.17, 15) is 14.9 Å². The number of ether oxygens (including phenoxy) is 2. The fourth-order valence-corrected chi connectivity index (χ4v) is 1.32. The Morgan fingerprint density at radius 3 is 2.90 bits per heavy atom. The molecule has 1 aromatic carbocycles. The van der Waals surface area contributed by atoms with Crippen molar-refractivity contribution in [3.8, 4) is 11.8 Å². The summed E-state index contributed by atoms with van der Waals surface area (Å²) in [5, 5.41) is 19.5. The summed E-state index contributed by atoms with van der Waals surface area (Å²) in [4.78, 5) is 21.2. The molecule has 0 aliphatic rings. The van der Waals surface area contributed by atoms with E-state index in [0.717, 1.165) is 6.07 Å². The molecule has 0 amide bonds. The first-order valence-electron chi connectivity index (χ1n) is 5.73. The Morgan fingerprint density at radius 2 is 2.30 bits per heavy atom. The first kappa shape index (κ1) is 15.2. The van der Waals surface area contributed by atoms with Gasteiger partial charge in [-0.25, -0.2) is 4.79 Å². The summed E-state index contributed by atoms with van der Waals surface area (Å²) in [7, 11) is 0. The summed E-state index contributed by atoms with van der Waals surface area (Å²) in [5.74, 6) is -0.479. The van der Waals surface area contributed by atoms with Crippen molar-refractivity contribution in [1.29, 1.82) is 5.26 Å². The van der Waals surface area contributed by atoms with Gasteiger partial charge in [-0.05, 0) is 25.1 Å². The van der Waals surface area contributed by atoms with Crippen molar-refractivity contribution < 1.29 is 19.2 Å². The van der Waals surface area contributed by atoms with Gasteiger partial charge in [-0.1, -0.05) is 0 Å². The lowest BCUT2D eigenvalue weighted by molar-refractivity contribution is -0.385. The van der Waals surface area contributed by atoms with Crippen LogP contribution in [0.5, 0.6) is 5.75 Å². The fourth-order valence-electron chi connectivity index (χ4n) is 1.32. The quantitative estimate of drug-likeness (QED) is 0.340. The summed E-state index contributed by atoms with van der Waals surface area (Å²) >= 11 is 0. The number of esters is 1. The lowest BCUT2D eigenvalue weighted by Gasteiger charge is -2.04. The zero-order chi connectivity index (χ0) is 15.0. The lowest BCUT2D eigenvalue weighted by Crippen LogP contribution is -2.02. The van der Waals surface area contributed by atoms with Crippen LogP contribution in [-0.4, -0.2) is 24.1 Å². The molecule has 0 spiro atoms. The van der Waals surface area contributed by atoms with Gasteiger partial charge in [-0.3, -0.25) is 10.1 Å². The van der Waals surface area contributed by atoms with Crippen molar-refractivity contribution in [3.63, 3.8) is 0 Å². The molecular formula is C13H12N2O5. The van der Waals surface area contributed by atoms with Gasteiger partial charge in [-0.2, -0.15) is 5.26 Å². The molecule has 0 aliphatic carbocycles. The molecule has 0 fully saturated rings. The Labute approximate surface area is 115 Å². The number of nitriles is 1. The maximum Gasteiger partial charge on any atom is 0.330 e. The van der Waals surface area contributed by atoms with Crippen LogP contribution in [0.3, 0.4) is 0 Å². The van der Waals surface area contributed by atoms with E-state index in [2.05, 4.69) is 4.74 Å². The van der Waals surface area contributed by atoms with Gasteiger partial charge in [0, 0.05) is 12.1 Å². The third-order valence-corrected chi connectivity index (χ3v) is 2.16. The van der Waals surface area contributed by atoms with Crippen molar-refractivity contribution in [2.75, 3.05) is 13.2 Å². The number of benzene rings is 1. The van der Waals surface area contributed by atoms with Crippen molar-refractivity contribution in [2.24, 2.45) is 0 Å². The molecule has 7 nitrogen and oxygen atoms in total. The highest BCUT2D eigenvalue weighted by atomic mass is 16.6. The molecule has 0 bridgehead atoms. The zero-order valence-corrected chi connectivity index (χ0v) is 10.7. The minimum absolute atomic E-state index is 0.0223. The minimum Gasteiger partial charge on any atom is -0.483 e. The number of rotatable bonds is 6. The summed E-state index contributed by atoms with van der Waals surface area (Å²) in [6, 6.07) is 5.70. The highest BCUT2D eigenvalue weighted by molar-refractivity contribution is 5.81. The molecule has 1 rings (SSSR count). The van der Waals surface area contributed by atoms with E-state index in [4.69, 9.17) is 10.00 Å². The van der Waals surface area contributed by atoms with Crippen molar-refractivity contribution >= 4 is 11.7 Å². The number of nitro benzene ring substituents is 1. The molecule has 0 N–H and O–H groups in total. The monoisotopic (exact) mass is 276 g/mol. The van der Waals surface area contributed by atoms with Gasteiger partial charge < -0.3 is 9.47 Å². The Hall–Kier alpha value is -2.88. The fraction of sp³-hybridized carbons (Fsp3) is 0.231. The van der Waals surface area contributed by atoms with E-state index in [0.29, 0.717) is 0 Å². The molecular weight excluding hydrogens is 264 g/mol. The predicted octanol–water partition coefficient (Wildman–Crippen LogP) is 1.96. The Bertz CT molecular complexity index is 575. The molecule has 104 valence electrons. The van der Waals surface area contributed by atoms with Crippen LogP contribution in [0.2, 0.25) is 0 Å². The van der Waals surface area contributed by atoms with Gasteiger partial charge >= 0.3 is 11.7 Å². The largest absolute Gasteiger partial charge is 0.483 e. The van der Waals surface area contributed by atoms with Crippen LogP contribution in [-0.2, 0) is 9.53 Å². The Kier molecular flexibility index (Phi) is 5.72. The number of carbonyl (C=O) groups is 1. The molecule has 0 saturated heterocycles. The summed E-state index contributed by atoms with van der Waals surface area (Å²) in [5.41, 5.74) is -0.125. The normalized spacial score (nSPS) is 10.0. The summed E-state index contributed by atoms with van der Waals surface area (Å²) in [6.07, 6.45) is 2.57. The molecule has 0 unspecified atom stereocenters. The first-order chi connectivity index (χ1) is 9.58. The maximum atomic E-state index is 11.0. The van der Waals surface area contributed by atoms with Gasteiger partial charge in [0.15, 0.2) is 5.75 Å². The molecule has 0 aliphatic heterocycles. The molecule has 0 radical (unpaired) electrons. The molecule has 0 aromatic heterocycles. The predicted molar refractivity (Wildman–Crippen MR) is 69.1 cm³/mol. The van der Waals surface area contributed by atoms with Crippen LogP contribution in [0.15, 0.2) is 30.4 Å². The number of hydrogen-bond donors (Lipinski definition) is 0. The Morgan fingerprint density at radius 1 is 1.55 bits per heavy atom. The van der Waals surface area contributed by atoms with Crippen LogP contribution in [0, 0.1) is 21.4 Å². The average molecular weight is 276 g/mol. The topological polar surface area (TPSA) is 102 Å². The van der Waals surface area contributed by atoms with Gasteiger partial charge in [0.05, 0.1) is 23.2 Å². The lowest BCUT2D eigenvalue weighted by atomic mass is 10.2. The smallest absolute Gasteiger partial charge is 0.330 e. The van der Waals surface area contributed by atoms with E-state index in [-0.39, 0.29) is 30.2 Å². The second-order valence-corrected chi connectivity index (χ2v) is 3.52. The second-order valence-electron chi connectivity index (χ2n) is 3.52. The van der Waals surface area contributed by atoms with Gasteiger partial charge in [-0.15, -0.1) is 0 Å². The van der Waals surface area contributed by atoms with Crippen LogP contribution < -0.4 is 4.74 Å². The van der Waals surface area contributed by atoms with Crippen molar-refractivity contribution in [2.45, 2.75) is 6.92 Å².